The molecular formula is C16H28N2O3. The fourth-order valence-electron chi connectivity index (χ4n) is 4.14. The Morgan fingerprint density at radius 2 is 2.14 bits per heavy atom. The average Bonchev–Trinajstić information content (AvgIpc) is 2.75. The molecule has 1 spiro atoms. The summed E-state index contributed by atoms with van der Waals surface area (Å²) in [6.45, 7) is 7.02. The van der Waals surface area contributed by atoms with Gasteiger partial charge in [-0.2, -0.15) is 0 Å². The first-order valence-corrected chi connectivity index (χ1v) is 8.19. The lowest BCUT2D eigenvalue weighted by Crippen LogP contribution is -2.72. The maximum Gasteiger partial charge on any atom is 0.315 e. The first-order chi connectivity index (χ1) is 9.84. The Bertz CT molecular complexity index is 414. The van der Waals surface area contributed by atoms with Gasteiger partial charge in [-0.15, -0.1) is 0 Å². The second-order valence-electron chi connectivity index (χ2n) is 8.04. The second-order valence-corrected chi connectivity index (χ2v) is 8.04. The Morgan fingerprint density at radius 3 is 2.71 bits per heavy atom. The number of rotatable bonds is 3. The van der Waals surface area contributed by atoms with E-state index in [-0.39, 0.29) is 22.9 Å². The minimum atomic E-state index is -0.537. The standard InChI is InChI=1S/C16H28N2O3/c1-15(2,3)11(19)9-17-14(20)18-12-10-5-8-21-13(10)16(12)6-4-7-16/h10-13,19H,4-9H2,1-3H3,(H2,17,18,20). The third-order valence-corrected chi connectivity index (χ3v) is 5.78. The number of fused-ring (bicyclic) bond motifs is 2. The van der Waals surface area contributed by atoms with Gasteiger partial charge in [-0.1, -0.05) is 27.2 Å². The van der Waals surface area contributed by atoms with Crippen LogP contribution < -0.4 is 10.6 Å². The summed E-state index contributed by atoms with van der Waals surface area (Å²) >= 11 is 0. The number of hydrogen-bond donors (Lipinski definition) is 3. The SMILES string of the molecule is CC(C)(C)C(O)CNC(=O)NC1C2CCOC2C12CCC2. The summed E-state index contributed by atoms with van der Waals surface area (Å²) in [6.07, 6.45) is 4.48. The van der Waals surface area contributed by atoms with Gasteiger partial charge < -0.3 is 20.5 Å². The number of aliphatic hydroxyl groups is 1. The third-order valence-electron chi connectivity index (χ3n) is 5.78. The Hall–Kier alpha value is -0.810. The van der Waals surface area contributed by atoms with Gasteiger partial charge in [0.15, 0.2) is 0 Å². The van der Waals surface area contributed by atoms with Crippen LogP contribution in [0.3, 0.4) is 0 Å². The summed E-state index contributed by atoms with van der Waals surface area (Å²) in [5, 5.41) is 15.9. The Kier molecular flexibility index (Phi) is 3.69. The molecule has 3 aliphatic rings. The highest BCUT2D eigenvalue weighted by atomic mass is 16.5. The van der Waals surface area contributed by atoms with E-state index in [0.717, 1.165) is 13.0 Å². The van der Waals surface area contributed by atoms with Crippen LogP contribution in [0.4, 0.5) is 4.79 Å². The molecule has 2 aliphatic carbocycles. The van der Waals surface area contributed by atoms with Crippen LogP contribution in [0, 0.1) is 16.7 Å². The fraction of sp³-hybridized carbons (Fsp3) is 0.938. The van der Waals surface area contributed by atoms with Crippen LogP contribution >= 0.6 is 0 Å². The lowest BCUT2D eigenvalue weighted by atomic mass is 9.46. The molecule has 2 saturated carbocycles. The van der Waals surface area contributed by atoms with Crippen molar-refractivity contribution in [3.63, 3.8) is 0 Å². The molecule has 1 heterocycles. The number of ether oxygens (including phenoxy) is 1. The van der Waals surface area contributed by atoms with E-state index in [4.69, 9.17) is 4.74 Å². The summed E-state index contributed by atoms with van der Waals surface area (Å²) in [5.41, 5.74) is -0.00944. The lowest BCUT2D eigenvalue weighted by molar-refractivity contribution is -0.172. The lowest BCUT2D eigenvalue weighted by Gasteiger charge is -2.63. The van der Waals surface area contributed by atoms with Gasteiger partial charge in [-0.05, 0) is 24.7 Å². The molecule has 120 valence electrons. The van der Waals surface area contributed by atoms with Gasteiger partial charge in [0.05, 0.1) is 12.2 Å². The maximum absolute atomic E-state index is 12.1. The van der Waals surface area contributed by atoms with Crippen molar-refractivity contribution in [3.05, 3.63) is 0 Å². The molecule has 4 unspecified atom stereocenters. The predicted octanol–water partition coefficient (Wildman–Crippen LogP) is 1.65. The van der Waals surface area contributed by atoms with Crippen LogP contribution in [0.1, 0.15) is 46.5 Å². The molecule has 3 N–H and O–H groups in total. The van der Waals surface area contributed by atoms with Crippen molar-refractivity contribution in [3.8, 4) is 0 Å². The van der Waals surface area contributed by atoms with E-state index in [0.29, 0.717) is 18.6 Å². The van der Waals surface area contributed by atoms with Crippen molar-refractivity contribution < 1.29 is 14.6 Å². The number of urea groups is 1. The zero-order chi connectivity index (χ0) is 15.3. The van der Waals surface area contributed by atoms with E-state index >= 15 is 0 Å². The molecule has 1 aliphatic heterocycles. The molecule has 2 amide bonds. The summed E-state index contributed by atoms with van der Waals surface area (Å²) in [4.78, 5) is 12.1. The van der Waals surface area contributed by atoms with Gasteiger partial charge in [-0.3, -0.25) is 0 Å². The molecule has 3 fully saturated rings. The Morgan fingerprint density at radius 1 is 1.43 bits per heavy atom. The summed E-state index contributed by atoms with van der Waals surface area (Å²) in [7, 11) is 0. The molecule has 0 bridgehead atoms. The highest BCUT2D eigenvalue weighted by molar-refractivity contribution is 5.74. The van der Waals surface area contributed by atoms with E-state index in [2.05, 4.69) is 10.6 Å². The average molecular weight is 296 g/mol. The van der Waals surface area contributed by atoms with Gasteiger partial charge in [-0.25, -0.2) is 4.79 Å². The number of aliphatic hydroxyl groups excluding tert-OH is 1. The van der Waals surface area contributed by atoms with E-state index in [1.165, 1.54) is 19.3 Å². The molecule has 4 atom stereocenters. The monoisotopic (exact) mass is 296 g/mol. The molecule has 0 radical (unpaired) electrons. The van der Waals surface area contributed by atoms with Gasteiger partial charge in [0, 0.05) is 30.5 Å². The first kappa shape index (κ1) is 15.1. The quantitative estimate of drug-likeness (QED) is 0.741. The maximum atomic E-state index is 12.1. The summed E-state index contributed by atoms with van der Waals surface area (Å²) in [5.74, 6) is 0.489. The van der Waals surface area contributed by atoms with Crippen molar-refractivity contribution in [1.29, 1.82) is 0 Å². The molecule has 0 aromatic carbocycles. The van der Waals surface area contributed by atoms with Crippen molar-refractivity contribution in [2.45, 2.75) is 64.7 Å². The van der Waals surface area contributed by atoms with Crippen molar-refractivity contribution in [2.24, 2.45) is 16.7 Å². The van der Waals surface area contributed by atoms with E-state index in [1.807, 2.05) is 20.8 Å². The minimum Gasteiger partial charge on any atom is -0.391 e. The van der Waals surface area contributed by atoms with Gasteiger partial charge >= 0.3 is 6.03 Å². The second kappa shape index (κ2) is 5.13. The number of carbonyl (C=O) groups excluding carboxylic acids is 1. The van der Waals surface area contributed by atoms with Crippen molar-refractivity contribution in [1.82, 2.24) is 10.6 Å². The van der Waals surface area contributed by atoms with Crippen LogP contribution in [0.2, 0.25) is 0 Å². The smallest absolute Gasteiger partial charge is 0.315 e. The Labute approximate surface area is 126 Å². The predicted molar refractivity (Wildman–Crippen MR) is 79.9 cm³/mol. The van der Waals surface area contributed by atoms with E-state index in [1.54, 1.807) is 0 Å². The largest absolute Gasteiger partial charge is 0.391 e. The number of carbonyl (C=O) groups is 1. The molecule has 3 rings (SSSR count). The molecule has 5 heteroatoms. The normalized spacial score (nSPS) is 34.6. The summed E-state index contributed by atoms with van der Waals surface area (Å²) in [6, 6.07) is 0.102. The molecule has 5 nitrogen and oxygen atoms in total. The molecule has 1 saturated heterocycles. The van der Waals surface area contributed by atoms with Crippen LogP contribution in [0.15, 0.2) is 0 Å². The fourth-order valence-corrected chi connectivity index (χ4v) is 4.14. The van der Waals surface area contributed by atoms with Crippen LogP contribution in [0.5, 0.6) is 0 Å². The van der Waals surface area contributed by atoms with Crippen LogP contribution in [-0.2, 0) is 4.74 Å². The van der Waals surface area contributed by atoms with E-state index < -0.39 is 6.10 Å². The van der Waals surface area contributed by atoms with Gasteiger partial charge in [0.2, 0.25) is 0 Å². The minimum absolute atomic E-state index is 0.153. The number of hydrogen-bond acceptors (Lipinski definition) is 3. The van der Waals surface area contributed by atoms with Gasteiger partial charge in [0.1, 0.15) is 0 Å². The van der Waals surface area contributed by atoms with E-state index in [9.17, 15) is 9.90 Å². The Balaban J connectivity index is 1.51. The zero-order valence-corrected chi connectivity index (χ0v) is 13.3. The molecule has 21 heavy (non-hydrogen) atoms. The molecule has 0 aromatic heterocycles. The molecular weight excluding hydrogens is 268 g/mol. The highest BCUT2D eigenvalue weighted by Gasteiger charge is 2.66. The van der Waals surface area contributed by atoms with Crippen LogP contribution in [0.25, 0.3) is 0 Å². The van der Waals surface area contributed by atoms with Crippen molar-refractivity contribution >= 4 is 6.03 Å². The van der Waals surface area contributed by atoms with Gasteiger partial charge in [0.25, 0.3) is 0 Å². The third kappa shape index (κ3) is 2.44. The molecule has 0 aromatic rings. The topological polar surface area (TPSA) is 70.6 Å². The van der Waals surface area contributed by atoms with Crippen LogP contribution in [-0.4, -0.2) is 42.5 Å². The first-order valence-electron chi connectivity index (χ1n) is 8.19. The number of amides is 2. The van der Waals surface area contributed by atoms with Crippen molar-refractivity contribution in [2.75, 3.05) is 13.2 Å². The highest BCUT2D eigenvalue weighted by Crippen LogP contribution is 2.62. The number of nitrogens with one attached hydrogen (secondary N) is 2. The summed E-state index contributed by atoms with van der Waals surface area (Å²) < 4.78 is 5.85. The zero-order valence-electron chi connectivity index (χ0n) is 13.3.